The number of ether oxygens (including phenoxy) is 1. The van der Waals surface area contributed by atoms with Crippen LogP contribution in [0.2, 0.25) is 10.0 Å². The fourth-order valence-electron chi connectivity index (χ4n) is 3.72. The molecule has 0 aromatic heterocycles. The second kappa shape index (κ2) is 16.9. The van der Waals surface area contributed by atoms with Crippen LogP contribution in [0.4, 0.5) is 0 Å². The number of ketones is 1. The van der Waals surface area contributed by atoms with Gasteiger partial charge in [0.05, 0.1) is 22.9 Å². The number of carbonyl (C=O) groups excluding carboxylic acids is 1. The van der Waals surface area contributed by atoms with Crippen LogP contribution >= 0.6 is 23.2 Å². The van der Waals surface area contributed by atoms with Gasteiger partial charge in [0, 0.05) is 18.1 Å². The number of hydrogen-bond acceptors (Lipinski definition) is 4. The Kier molecular flexibility index (Phi) is 14.8. The first kappa shape index (κ1) is 34.1. The van der Waals surface area contributed by atoms with Crippen LogP contribution in [-0.4, -0.2) is 35.9 Å². The third-order valence-electron chi connectivity index (χ3n) is 6.39. The summed E-state index contributed by atoms with van der Waals surface area (Å²) in [4.78, 5) is 14.0. The van der Waals surface area contributed by atoms with Crippen molar-refractivity contribution < 1.29 is 9.53 Å². The van der Waals surface area contributed by atoms with Crippen LogP contribution in [0.15, 0.2) is 72.8 Å². The summed E-state index contributed by atoms with van der Waals surface area (Å²) in [6, 6.07) is 11.9. The van der Waals surface area contributed by atoms with Gasteiger partial charge in [-0.15, -0.1) is 5.73 Å². The molecule has 2 aromatic carbocycles. The number of halogens is 2. The number of benzene rings is 2. The molecule has 1 aliphatic rings. The zero-order valence-corrected chi connectivity index (χ0v) is 26.3. The van der Waals surface area contributed by atoms with Crippen LogP contribution in [0.25, 0.3) is 5.57 Å². The highest BCUT2D eigenvalue weighted by Gasteiger charge is 2.31. The summed E-state index contributed by atoms with van der Waals surface area (Å²) in [5, 5.41) is 4.58. The van der Waals surface area contributed by atoms with Gasteiger partial charge in [-0.2, -0.15) is 0 Å². The second-order valence-corrected chi connectivity index (χ2v) is 10.3. The highest BCUT2D eigenvalue weighted by atomic mass is 35.5. The minimum absolute atomic E-state index is 0.0999. The van der Waals surface area contributed by atoms with E-state index in [2.05, 4.69) is 29.8 Å². The molecule has 6 heteroatoms. The SMILES string of the molecule is C=C=C(C)N(CCCOc1ccc(C2=CCNC=C2)cc1Cl)C(C)(C)C(C)=O.CC.Cc1ccc(C)c(Cl)c1. The summed E-state index contributed by atoms with van der Waals surface area (Å²) in [5.41, 5.74) is 7.70. The number of hydrogen-bond donors (Lipinski definition) is 1. The first-order valence-corrected chi connectivity index (χ1v) is 14.1. The number of nitrogens with zero attached hydrogens (tertiary/aromatic N) is 1. The van der Waals surface area contributed by atoms with Crippen molar-refractivity contribution in [1.29, 1.82) is 0 Å². The van der Waals surface area contributed by atoms with Gasteiger partial charge in [0.15, 0.2) is 5.78 Å². The number of dihydropyridines is 1. The molecular weight excluding hydrogens is 527 g/mol. The number of carbonyl (C=O) groups is 1. The van der Waals surface area contributed by atoms with E-state index in [0.29, 0.717) is 23.9 Å². The van der Waals surface area contributed by atoms with E-state index in [0.717, 1.165) is 40.4 Å². The molecule has 4 nitrogen and oxygen atoms in total. The maximum atomic E-state index is 12.0. The van der Waals surface area contributed by atoms with Crippen LogP contribution in [0.5, 0.6) is 5.75 Å². The van der Waals surface area contributed by atoms with Gasteiger partial charge in [0.1, 0.15) is 5.75 Å². The lowest BCUT2D eigenvalue weighted by Crippen LogP contribution is -2.48. The minimum atomic E-state index is -0.607. The van der Waals surface area contributed by atoms with Crippen molar-refractivity contribution in [3.8, 4) is 5.75 Å². The Labute approximate surface area is 246 Å². The van der Waals surface area contributed by atoms with Gasteiger partial charge in [-0.1, -0.05) is 67.9 Å². The molecule has 1 heterocycles. The average Bonchev–Trinajstić information content (AvgIpc) is 2.93. The number of allylic oxidation sites excluding steroid dienone is 3. The molecule has 0 unspecified atom stereocenters. The van der Waals surface area contributed by atoms with Crippen molar-refractivity contribution in [2.45, 2.75) is 67.3 Å². The monoisotopic (exact) mass is 570 g/mol. The Hall–Kier alpha value is -2.91. The van der Waals surface area contributed by atoms with E-state index in [1.165, 1.54) is 5.56 Å². The fraction of sp³-hybridized carbons (Fsp3) is 0.394. The molecule has 1 aliphatic heterocycles. The normalized spacial score (nSPS) is 11.9. The number of Topliss-reactive ketones (excluding diaryl/α,β-unsaturated/α-hetero) is 1. The first-order chi connectivity index (χ1) is 18.5. The van der Waals surface area contributed by atoms with Crippen LogP contribution in [0.3, 0.4) is 0 Å². The van der Waals surface area contributed by atoms with Crippen molar-refractivity contribution in [2.75, 3.05) is 19.7 Å². The van der Waals surface area contributed by atoms with E-state index in [1.54, 1.807) is 6.92 Å². The van der Waals surface area contributed by atoms with Crippen molar-refractivity contribution in [1.82, 2.24) is 10.2 Å². The standard InChI is InChI=1S/C23H29ClN2O2.C8H9Cl.C2H6/c1-6-17(2)26(23(4,5)18(3)27)14-7-15-28-22-9-8-20(16-21(22)24)19-10-12-25-13-11-19;1-6-3-4-7(2)8(9)5-6;1-2/h8-12,16,25H,1,7,13-15H2,2-5H3;3-5H,1-2H3;1-2H3. The lowest BCUT2D eigenvalue weighted by Gasteiger charge is -2.38. The van der Waals surface area contributed by atoms with Gasteiger partial charge in [0.25, 0.3) is 0 Å². The van der Waals surface area contributed by atoms with Crippen LogP contribution < -0.4 is 10.1 Å². The number of aryl methyl sites for hydroxylation is 2. The summed E-state index contributed by atoms with van der Waals surface area (Å²) in [6.45, 7) is 21.1. The van der Waals surface area contributed by atoms with E-state index >= 15 is 0 Å². The fourth-order valence-corrected chi connectivity index (χ4v) is 4.19. The molecule has 0 fully saturated rings. The van der Waals surface area contributed by atoms with E-state index < -0.39 is 5.54 Å². The van der Waals surface area contributed by atoms with Crippen molar-refractivity contribution in [3.05, 3.63) is 99.5 Å². The van der Waals surface area contributed by atoms with Crippen molar-refractivity contribution in [3.63, 3.8) is 0 Å². The topological polar surface area (TPSA) is 41.6 Å². The molecule has 0 saturated heterocycles. The Morgan fingerprint density at radius 3 is 2.31 bits per heavy atom. The maximum Gasteiger partial charge on any atom is 0.154 e. The van der Waals surface area contributed by atoms with Crippen LogP contribution in [-0.2, 0) is 4.79 Å². The predicted octanol–water partition coefficient (Wildman–Crippen LogP) is 8.95. The highest BCUT2D eigenvalue weighted by molar-refractivity contribution is 6.32. The smallest absolute Gasteiger partial charge is 0.154 e. The summed E-state index contributed by atoms with van der Waals surface area (Å²) < 4.78 is 5.88. The Balaban J connectivity index is 0.000000578. The summed E-state index contributed by atoms with van der Waals surface area (Å²) >= 11 is 12.2. The molecule has 39 heavy (non-hydrogen) atoms. The molecule has 212 valence electrons. The van der Waals surface area contributed by atoms with Crippen molar-refractivity contribution >= 4 is 34.6 Å². The molecule has 0 atom stereocenters. The largest absolute Gasteiger partial charge is 0.492 e. The molecule has 1 N–H and O–H groups in total. The second-order valence-electron chi connectivity index (χ2n) is 9.53. The maximum absolute atomic E-state index is 12.0. The van der Waals surface area contributed by atoms with Crippen LogP contribution in [0.1, 0.15) is 64.7 Å². The Morgan fingerprint density at radius 2 is 1.79 bits per heavy atom. The third-order valence-corrected chi connectivity index (χ3v) is 7.10. The highest BCUT2D eigenvalue weighted by Crippen LogP contribution is 2.29. The van der Waals surface area contributed by atoms with E-state index in [1.807, 2.05) is 96.0 Å². The third kappa shape index (κ3) is 10.6. The van der Waals surface area contributed by atoms with Crippen molar-refractivity contribution in [2.24, 2.45) is 0 Å². The van der Waals surface area contributed by atoms with E-state index in [4.69, 9.17) is 27.9 Å². The summed E-state index contributed by atoms with van der Waals surface area (Å²) in [5.74, 6) is 0.764. The van der Waals surface area contributed by atoms with Gasteiger partial charge < -0.3 is 15.0 Å². The molecule has 0 saturated carbocycles. The molecule has 2 aromatic rings. The summed E-state index contributed by atoms with van der Waals surface area (Å²) in [6.07, 6.45) is 6.82. The van der Waals surface area contributed by atoms with Gasteiger partial charge in [0.2, 0.25) is 0 Å². The molecule has 0 spiro atoms. The minimum Gasteiger partial charge on any atom is -0.492 e. The lowest BCUT2D eigenvalue weighted by molar-refractivity contribution is -0.126. The Morgan fingerprint density at radius 1 is 1.10 bits per heavy atom. The molecule has 0 bridgehead atoms. The van der Waals surface area contributed by atoms with Gasteiger partial charge in [-0.3, -0.25) is 4.79 Å². The number of nitrogens with one attached hydrogen (secondary N) is 1. The van der Waals surface area contributed by atoms with Gasteiger partial charge in [-0.05, 0) is 101 Å². The predicted molar refractivity (Wildman–Crippen MR) is 169 cm³/mol. The van der Waals surface area contributed by atoms with Gasteiger partial charge >= 0.3 is 0 Å². The van der Waals surface area contributed by atoms with Gasteiger partial charge in [-0.25, -0.2) is 0 Å². The molecular formula is C33H44Cl2N2O2. The first-order valence-electron chi connectivity index (χ1n) is 13.4. The van der Waals surface area contributed by atoms with Crippen LogP contribution in [0, 0.1) is 13.8 Å². The van der Waals surface area contributed by atoms with E-state index in [-0.39, 0.29) is 5.78 Å². The lowest BCUT2D eigenvalue weighted by atomic mass is 9.96. The average molecular weight is 572 g/mol. The number of rotatable bonds is 9. The quantitative estimate of drug-likeness (QED) is 0.241. The molecule has 0 aliphatic carbocycles. The summed E-state index contributed by atoms with van der Waals surface area (Å²) in [7, 11) is 0. The molecule has 0 amide bonds. The zero-order chi connectivity index (χ0) is 29.6. The molecule has 0 radical (unpaired) electrons. The zero-order valence-electron chi connectivity index (χ0n) is 24.8. The van der Waals surface area contributed by atoms with E-state index in [9.17, 15) is 4.79 Å². The Bertz CT molecular complexity index is 1210. The molecule has 3 rings (SSSR count).